The number of guanidine groups is 1. The average molecular weight is 426 g/mol. The first kappa shape index (κ1) is 22.1. The van der Waals surface area contributed by atoms with E-state index < -0.39 is 0 Å². The summed E-state index contributed by atoms with van der Waals surface area (Å²) in [6.45, 7) is 7.62. The van der Waals surface area contributed by atoms with Crippen molar-refractivity contribution in [2.75, 3.05) is 32.7 Å². The summed E-state index contributed by atoms with van der Waals surface area (Å²) < 4.78 is 0. The maximum Gasteiger partial charge on any atom is 0.225 e. The molecule has 0 spiro atoms. The van der Waals surface area contributed by atoms with Crippen molar-refractivity contribution in [1.29, 1.82) is 0 Å². The van der Waals surface area contributed by atoms with Crippen molar-refractivity contribution in [2.45, 2.75) is 70.5 Å². The zero-order valence-electron chi connectivity index (χ0n) is 19.1. The number of nitrogens with zero attached hydrogens (tertiary/aromatic N) is 3. The lowest BCUT2D eigenvalue weighted by Crippen LogP contribution is -2.46. The van der Waals surface area contributed by atoms with E-state index >= 15 is 0 Å². The molecule has 2 unspecified atom stereocenters. The van der Waals surface area contributed by atoms with E-state index in [1.165, 1.54) is 31.2 Å². The highest BCUT2D eigenvalue weighted by molar-refractivity contribution is 5.81. The zero-order valence-corrected chi connectivity index (χ0v) is 19.1. The number of carbonyl (C=O) groups is 1. The van der Waals surface area contributed by atoms with E-state index in [4.69, 9.17) is 4.99 Å². The van der Waals surface area contributed by atoms with Crippen LogP contribution in [0.2, 0.25) is 0 Å². The molecule has 6 heteroatoms. The predicted octanol–water partition coefficient (Wildman–Crippen LogP) is 3.00. The Bertz CT molecular complexity index is 731. The van der Waals surface area contributed by atoms with Gasteiger partial charge in [-0.25, -0.2) is 0 Å². The fourth-order valence-electron chi connectivity index (χ4n) is 5.35. The molecule has 1 aliphatic carbocycles. The van der Waals surface area contributed by atoms with Crippen LogP contribution in [0.25, 0.3) is 0 Å². The summed E-state index contributed by atoms with van der Waals surface area (Å²) in [5.41, 5.74) is 1.38. The Morgan fingerprint density at radius 2 is 1.87 bits per heavy atom. The van der Waals surface area contributed by atoms with Gasteiger partial charge >= 0.3 is 0 Å². The second-order valence-corrected chi connectivity index (χ2v) is 9.37. The number of carbonyl (C=O) groups excluding carboxylic acids is 1. The molecular formula is C25H39N5O. The van der Waals surface area contributed by atoms with Crippen molar-refractivity contribution < 1.29 is 4.79 Å². The number of amides is 1. The number of aliphatic imine (C=N–C) groups is 1. The fourth-order valence-corrected chi connectivity index (χ4v) is 5.35. The average Bonchev–Trinajstić information content (AvgIpc) is 3.55. The minimum atomic E-state index is 0.276. The number of benzene rings is 1. The maximum absolute atomic E-state index is 12.7. The molecule has 1 amide bonds. The Balaban J connectivity index is 1.29. The van der Waals surface area contributed by atoms with Crippen LogP contribution in [0.1, 0.15) is 57.4 Å². The van der Waals surface area contributed by atoms with Crippen LogP contribution in [0, 0.1) is 5.92 Å². The lowest BCUT2D eigenvalue weighted by Gasteiger charge is -2.24. The van der Waals surface area contributed by atoms with E-state index in [0.717, 1.165) is 64.5 Å². The van der Waals surface area contributed by atoms with Crippen LogP contribution in [0.5, 0.6) is 0 Å². The molecule has 2 atom stereocenters. The van der Waals surface area contributed by atoms with E-state index in [1.807, 2.05) is 0 Å². The van der Waals surface area contributed by atoms with Gasteiger partial charge in [0.05, 0.1) is 6.54 Å². The smallest absolute Gasteiger partial charge is 0.225 e. The van der Waals surface area contributed by atoms with Crippen LogP contribution in [0.3, 0.4) is 0 Å². The van der Waals surface area contributed by atoms with Crippen molar-refractivity contribution in [1.82, 2.24) is 20.4 Å². The lowest BCUT2D eigenvalue weighted by molar-refractivity contribution is -0.134. The van der Waals surface area contributed by atoms with Crippen molar-refractivity contribution >= 4 is 11.9 Å². The maximum atomic E-state index is 12.7. The second kappa shape index (κ2) is 11.0. The highest BCUT2D eigenvalue weighted by atomic mass is 16.2. The quantitative estimate of drug-likeness (QED) is 0.521. The number of nitrogens with one attached hydrogen (secondary N) is 2. The first-order valence-electron chi connectivity index (χ1n) is 12.3. The molecule has 3 fully saturated rings. The topological polar surface area (TPSA) is 60.0 Å². The molecule has 1 aromatic carbocycles. The molecule has 1 aromatic rings. The summed E-state index contributed by atoms with van der Waals surface area (Å²) >= 11 is 0. The minimum absolute atomic E-state index is 0.276. The highest BCUT2D eigenvalue weighted by Crippen LogP contribution is 2.28. The molecule has 0 radical (unpaired) electrons. The van der Waals surface area contributed by atoms with Crippen LogP contribution in [0.4, 0.5) is 0 Å². The van der Waals surface area contributed by atoms with E-state index in [2.05, 4.69) is 57.7 Å². The highest BCUT2D eigenvalue weighted by Gasteiger charge is 2.32. The van der Waals surface area contributed by atoms with Crippen LogP contribution in [-0.2, 0) is 11.3 Å². The predicted molar refractivity (Wildman–Crippen MR) is 126 cm³/mol. The molecule has 3 aliphatic rings. The molecule has 6 nitrogen and oxygen atoms in total. The van der Waals surface area contributed by atoms with Gasteiger partial charge in [0, 0.05) is 44.2 Å². The van der Waals surface area contributed by atoms with Crippen LogP contribution < -0.4 is 10.6 Å². The molecule has 2 saturated heterocycles. The van der Waals surface area contributed by atoms with E-state index in [0.29, 0.717) is 18.0 Å². The first-order chi connectivity index (χ1) is 15.2. The van der Waals surface area contributed by atoms with Gasteiger partial charge in [-0.15, -0.1) is 0 Å². The second-order valence-electron chi connectivity index (χ2n) is 9.37. The molecule has 0 aromatic heterocycles. The Kier molecular flexibility index (Phi) is 7.84. The number of hydrogen-bond donors (Lipinski definition) is 2. The van der Waals surface area contributed by atoms with Crippen molar-refractivity contribution in [2.24, 2.45) is 10.9 Å². The Hall–Kier alpha value is -2.08. The van der Waals surface area contributed by atoms with Crippen LogP contribution >= 0.6 is 0 Å². The van der Waals surface area contributed by atoms with E-state index in [9.17, 15) is 4.79 Å². The molecule has 2 aliphatic heterocycles. The Labute approximate surface area is 187 Å². The van der Waals surface area contributed by atoms with Crippen molar-refractivity contribution in [3.05, 3.63) is 35.9 Å². The molecule has 31 heavy (non-hydrogen) atoms. The van der Waals surface area contributed by atoms with Gasteiger partial charge in [-0.3, -0.25) is 14.7 Å². The molecule has 4 rings (SSSR count). The van der Waals surface area contributed by atoms with E-state index in [1.54, 1.807) is 0 Å². The van der Waals surface area contributed by atoms with Gasteiger partial charge < -0.3 is 15.5 Å². The third-order valence-corrected chi connectivity index (χ3v) is 7.08. The third-order valence-electron chi connectivity index (χ3n) is 7.08. The van der Waals surface area contributed by atoms with Crippen LogP contribution in [0.15, 0.2) is 35.3 Å². The lowest BCUT2D eigenvalue weighted by atomic mass is 10.1. The minimum Gasteiger partial charge on any atom is -0.357 e. The number of hydrogen-bond acceptors (Lipinski definition) is 3. The summed E-state index contributed by atoms with van der Waals surface area (Å²) in [6.07, 6.45) is 8.06. The molecular weight excluding hydrogens is 386 g/mol. The normalized spacial score (nSPS) is 25.3. The molecule has 2 heterocycles. The summed E-state index contributed by atoms with van der Waals surface area (Å²) in [5, 5.41) is 7.02. The zero-order chi connectivity index (χ0) is 21.5. The van der Waals surface area contributed by atoms with Gasteiger partial charge in [-0.05, 0) is 51.1 Å². The van der Waals surface area contributed by atoms with Gasteiger partial charge in [-0.1, -0.05) is 43.2 Å². The molecule has 2 N–H and O–H groups in total. The summed E-state index contributed by atoms with van der Waals surface area (Å²) in [5.74, 6) is 1.55. The first-order valence-corrected chi connectivity index (χ1v) is 12.3. The molecule has 0 bridgehead atoms. The van der Waals surface area contributed by atoms with Crippen LogP contribution in [-0.4, -0.2) is 66.5 Å². The third kappa shape index (κ3) is 6.00. The summed E-state index contributed by atoms with van der Waals surface area (Å²) in [6, 6.07) is 11.5. The van der Waals surface area contributed by atoms with E-state index in [-0.39, 0.29) is 5.92 Å². The number of likely N-dealkylation sites (tertiary alicyclic amines) is 2. The van der Waals surface area contributed by atoms with Gasteiger partial charge in [-0.2, -0.15) is 0 Å². The van der Waals surface area contributed by atoms with Gasteiger partial charge in [0.15, 0.2) is 5.96 Å². The Morgan fingerprint density at radius 3 is 2.65 bits per heavy atom. The summed E-state index contributed by atoms with van der Waals surface area (Å²) in [4.78, 5) is 22.3. The summed E-state index contributed by atoms with van der Waals surface area (Å²) in [7, 11) is 0. The Morgan fingerprint density at radius 1 is 1.06 bits per heavy atom. The number of rotatable bonds is 7. The van der Waals surface area contributed by atoms with Gasteiger partial charge in [0.2, 0.25) is 5.91 Å². The van der Waals surface area contributed by atoms with Gasteiger partial charge in [0.25, 0.3) is 0 Å². The van der Waals surface area contributed by atoms with Gasteiger partial charge in [0.1, 0.15) is 0 Å². The standard InChI is InChI=1S/C25H39N5O/c1-2-26-25(28-22-14-16-30(19-22)24(31)21-11-6-7-12-21)27-17-23-13-8-15-29(23)18-20-9-4-3-5-10-20/h3-5,9-10,21-23H,2,6-8,11-19H2,1H3,(H2,26,27,28). The molecule has 170 valence electrons. The largest absolute Gasteiger partial charge is 0.357 e. The fraction of sp³-hybridized carbons (Fsp3) is 0.680. The SMILES string of the molecule is CCNC(=NCC1CCCN1Cc1ccccc1)NC1CCN(C(=O)C2CCCC2)C1. The molecule has 1 saturated carbocycles. The van der Waals surface area contributed by atoms with Crippen molar-refractivity contribution in [3.63, 3.8) is 0 Å². The van der Waals surface area contributed by atoms with Crippen molar-refractivity contribution in [3.8, 4) is 0 Å². The monoisotopic (exact) mass is 425 g/mol.